The highest BCUT2D eigenvalue weighted by Gasteiger charge is 2.22. The van der Waals surface area contributed by atoms with Gasteiger partial charge in [-0.15, -0.1) is 0 Å². The molecule has 0 saturated carbocycles. The molecule has 0 rings (SSSR count). The van der Waals surface area contributed by atoms with Crippen LogP contribution in [0.15, 0.2) is 0 Å². The van der Waals surface area contributed by atoms with Gasteiger partial charge >= 0.3 is 0 Å². The van der Waals surface area contributed by atoms with Crippen LogP contribution >= 0.6 is 0 Å². The summed E-state index contributed by atoms with van der Waals surface area (Å²) in [4.78, 5) is 0. The Hall–Kier alpha value is -0.0800. The first-order valence-electron chi connectivity index (χ1n) is 7.20. The number of hydrogen-bond acceptors (Lipinski definition) is 2. The lowest BCUT2D eigenvalue weighted by molar-refractivity contribution is -0.0196. The molecule has 0 aliphatic carbocycles. The third-order valence-electron chi connectivity index (χ3n) is 2.60. The van der Waals surface area contributed by atoms with Crippen LogP contribution in [0.25, 0.3) is 0 Å². The molecule has 0 heterocycles. The molecular formula is C16H35NO. The summed E-state index contributed by atoms with van der Waals surface area (Å²) in [7, 11) is 0. The summed E-state index contributed by atoms with van der Waals surface area (Å²) in [6.45, 7) is 20.7. The van der Waals surface area contributed by atoms with Crippen LogP contribution in [-0.4, -0.2) is 23.8 Å². The van der Waals surface area contributed by atoms with Gasteiger partial charge < -0.3 is 10.1 Å². The van der Waals surface area contributed by atoms with Crippen molar-refractivity contribution < 1.29 is 4.74 Å². The van der Waals surface area contributed by atoms with Gasteiger partial charge in [-0.2, -0.15) is 0 Å². The maximum atomic E-state index is 5.94. The predicted molar refractivity (Wildman–Crippen MR) is 81.1 cm³/mol. The van der Waals surface area contributed by atoms with E-state index in [1.165, 1.54) is 6.42 Å². The van der Waals surface area contributed by atoms with Gasteiger partial charge in [-0.3, -0.25) is 0 Å². The molecule has 110 valence electrons. The second-order valence-corrected chi connectivity index (χ2v) is 8.61. The van der Waals surface area contributed by atoms with E-state index in [0.717, 1.165) is 13.0 Å². The van der Waals surface area contributed by atoms with Gasteiger partial charge in [0.2, 0.25) is 0 Å². The molecule has 0 unspecified atom stereocenters. The van der Waals surface area contributed by atoms with Gasteiger partial charge in [0.05, 0.1) is 12.2 Å². The number of nitrogens with one attached hydrogen (secondary N) is 1. The molecule has 0 aliphatic heterocycles. The van der Waals surface area contributed by atoms with Crippen molar-refractivity contribution in [1.29, 1.82) is 0 Å². The molecule has 0 spiro atoms. The first-order valence-corrected chi connectivity index (χ1v) is 7.20. The maximum absolute atomic E-state index is 5.94. The Balaban J connectivity index is 4.35. The van der Waals surface area contributed by atoms with Crippen LogP contribution in [0.1, 0.15) is 75.2 Å². The van der Waals surface area contributed by atoms with Crippen molar-refractivity contribution in [3.8, 4) is 0 Å². The molecule has 0 aromatic heterocycles. The lowest BCUT2D eigenvalue weighted by atomic mass is 9.88. The van der Waals surface area contributed by atoms with E-state index in [2.05, 4.69) is 67.6 Å². The average Bonchev–Trinajstić information content (AvgIpc) is 2.05. The number of ether oxygens (including phenoxy) is 1. The molecule has 1 N–H and O–H groups in total. The predicted octanol–water partition coefficient (Wildman–Crippen LogP) is 4.38. The quantitative estimate of drug-likeness (QED) is 0.789. The third-order valence-corrected chi connectivity index (χ3v) is 2.60. The number of rotatable bonds is 5. The molecule has 2 heteroatoms. The third kappa shape index (κ3) is 12.4. The summed E-state index contributed by atoms with van der Waals surface area (Å²) in [6.07, 6.45) is 2.38. The summed E-state index contributed by atoms with van der Waals surface area (Å²) in [5.41, 5.74) is 0.475. The van der Waals surface area contributed by atoms with Crippen LogP contribution in [-0.2, 0) is 4.74 Å². The molecule has 1 atom stereocenters. The minimum Gasteiger partial charge on any atom is -0.374 e. The van der Waals surface area contributed by atoms with E-state index in [9.17, 15) is 0 Å². The average molecular weight is 257 g/mol. The molecule has 0 radical (unpaired) electrons. The largest absolute Gasteiger partial charge is 0.374 e. The Kier molecular flexibility index (Phi) is 6.35. The number of hydrogen-bond donors (Lipinski definition) is 1. The Morgan fingerprint density at radius 1 is 0.889 bits per heavy atom. The van der Waals surface area contributed by atoms with Crippen molar-refractivity contribution in [2.24, 2.45) is 5.41 Å². The van der Waals surface area contributed by atoms with Crippen molar-refractivity contribution in [1.82, 2.24) is 5.32 Å². The molecule has 0 aromatic rings. The zero-order valence-corrected chi connectivity index (χ0v) is 14.1. The van der Waals surface area contributed by atoms with E-state index < -0.39 is 0 Å². The minimum absolute atomic E-state index is 0.0560. The van der Waals surface area contributed by atoms with E-state index in [-0.39, 0.29) is 11.1 Å². The second-order valence-electron chi connectivity index (χ2n) is 8.61. The van der Waals surface area contributed by atoms with E-state index >= 15 is 0 Å². The van der Waals surface area contributed by atoms with Gasteiger partial charge in [0.1, 0.15) is 0 Å². The van der Waals surface area contributed by atoms with Gasteiger partial charge in [0.25, 0.3) is 0 Å². The molecule has 0 aliphatic rings. The van der Waals surface area contributed by atoms with Crippen LogP contribution in [0.2, 0.25) is 0 Å². The highest BCUT2D eigenvalue weighted by molar-refractivity contribution is 4.80. The van der Waals surface area contributed by atoms with Crippen LogP contribution in [0.4, 0.5) is 0 Å². The van der Waals surface area contributed by atoms with E-state index in [0.29, 0.717) is 11.5 Å². The molecular weight excluding hydrogens is 222 g/mol. The zero-order valence-electron chi connectivity index (χ0n) is 14.1. The van der Waals surface area contributed by atoms with Crippen molar-refractivity contribution in [3.05, 3.63) is 0 Å². The van der Waals surface area contributed by atoms with Crippen molar-refractivity contribution in [2.45, 2.75) is 92.3 Å². The van der Waals surface area contributed by atoms with Gasteiger partial charge in [-0.05, 0) is 59.8 Å². The summed E-state index contributed by atoms with van der Waals surface area (Å²) in [5.74, 6) is 0. The fraction of sp³-hybridized carbons (Fsp3) is 1.00. The summed E-state index contributed by atoms with van der Waals surface area (Å²) in [5, 5.41) is 3.68. The van der Waals surface area contributed by atoms with Crippen molar-refractivity contribution in [3.63, 3.8) is 0 Å². The first kappa shape index (κ1) is 17.9. The lowest BCUT2D eigenvalue weighted by Gasteiger charge is -2.32. The fourth-order valence-electron chi connectivity index (χ4n) is 1.77. The summed E-state index contributed by atoms with van der Waals surface area (Å²) >= 11 is 0. The second kappa shape index (κ2) is 6.38. The first-order chi connectivity index (χ1) is 7.79. The molecule has 18 heavy (non-hydrogen) atoms. The summed E-state index contributed by atoms with van der Waals surface area (Å²) < 4.78 is 5.94. The van der Waals surface area contributed by atoms with E-state index in [1.807, 2.05) is 0 Å². The van der Waals surface area contributed by atoms with Crippen LogP contribution < -0.4 is 5.32 Å². The Labute approximate surface area is 115 Å². The maximum Gasteiger partial charge on any atom is 0.0626 e. The van der Waals surface area contributed by atoms with Gasteiger partial charge in [-0.1, -0.05) is 20.8 Å². The van der Waals surface area contributed by atoms with Crippen LogP contribution in [0.5, 0.6) is 0 Å². The Morgan fingerprint density at radius 2 is 1.39 bits per heavy atom. The fourth-order valence-corrected chi connectivity index (χ4v) is 1.77. The molecule has 2 nitrogen and oxygen atoms in total. The highest BCUT2D eigenvalue weighted by atomic mass is 16.5. The van der Waals surface area contributed by atoms with E-state index in [1.54, 1.807) is 0 Å². The van der Waals surface area contributed by atoms with Crippen molar-refractivity contribution >= 4 is 0 Å². The van der Waals surface area contributed by atoms with Gasteiger partial charge in [-0.25, -0.2) is 0 Å². The highest BCUT2D eigenvalue weighted by Crippen LogP contribution is 2.23. The van der Waals surface area contributed by atoms with Crippen LogP contribution in [0.3, 0.4) is 0 Å². The van der Waals surface area contributed by atoms with Crippen molar-refractivity contribution in [2.75, 3.05) is 6.61 Å². The Bertz CT molecular complexity index is 209. The standard InChI is InChI=1S/C16H35NO/c1-14(2,3)11-10-13(17-15(4,5)6)12-18-16(7,8)9/h13,17H,10-12H2,1-9H3/t13-/m1/s1. The summed E-state index contributed by atoms with van der Waals surface area (Å²) in [6, 6.07) is 0.434. The molecule has 0 fully saturated rings. The molecule has 0 amide bonds. The minimum atomic E-state index is -0.0560. The normalized spacial score (nSPS) is 15.8. The SMILES string of the molecule is CC(C)(C)CC[C@H](COC(C)(C)C)NC(C)(C)C. The Morgan fingerprint density at radius 3 is 1.72 bits per heavy atom. The van der Waals surface area contributed by atoms with E-state index in [4.69, 9.17) is 4.74 Å². The molecule has 0 bridgehead atoms. The smallest absolute Gasteiger partial charge is 0.0626 e. The molecule has 0 saturated heterocycles. The monoisotopic (exact) mass is 257 g/mol. The molecule has 0 aromatic carbocycles. The lowest BCUT2D eigenvalue weighted by Crippen LogP contribution is -2.47. The zero-order chi connectivity index (χ0) is 14.6. The van der Waals surface area contributed by atoms with Crippen LogP contribution in [0, 0.1) is 5.41 Å². The topological polar surface area (TPSA) is 21.3 Å². The van der Waals surface area contributed by atoms with Gasteiger partial charge in [0.15, 0.2) is 0 Å². The van der Waals surface area contributed by atoms with Gasteiger partial charge in [0, 0.05) is 11.6 Å².